The highest BCUT2D eigenvalue weighted by Crippen LogP contribution is 2.43. The van der Waals surface area contributed by atoms with Crippen molar-refractivity contribution in [3.05, 3.63) is 82.4 Å². The number of anilines is 3. The van der Waals surface area contributed by atoms with Gasteiger partial charge in [-0.3, -0.25) is 0 Å². The normalized spacial score (nSPS) is 12.2. The maximum Gasteiger partial charge on any atom is 0.417 e. The number of benzene rings is 3. The Hall–Kier alpha value is -4.10. The van der Waals surface area contributed by atoms with E-state index in [1.54, 1.807) is 52.0 Å². The predicted molar refractivity (Wildman–Crippen MR) is 163 cm³/mol. The first-order valence-corrected chi connectivity index (χ1v) is 15.6. The molecular weight excluding hydrogens is 619 g/mol. The first-order chi connectivity index (χ1) is 20.6. The highest BCUT2D eigenvalue weighted by atomic mass is 35.5. The van der Waals surface area contributed by atoms with Crippen LogP contribution in [0.3, 0.4) is 0 Å². The Morgan fingerprint density at radius 2 is 1.68 bits per heavy atom. The monoisotopic (exact) mass is 649 g/mol. The van der Waals surface area contributed by atoms with Crippen LogP contribution >= 0.6 is 11.6 Å². The van der Waals surface area contributed by atoms with Crippen LogP contribution in [0.15, 0.2) is 65.6 Å². The van der Waals surface area contributed by atoms with Gasteiger partial charge in [-0.05, 0) is 74.7 Å². The Morgan fingerprint density at radius 3 is 2.27 bits per heavy atom. The molecule has 0 aliphatic heterocycles. The summed E-state index contributed by atoms with van der Waals surface area (Å²) < 4.78 is 72.5. The fourth-order valence-corrected chi connectivity index (χ4v) is 5.87. The van der Waals surface area contributed by atoms with Crippen LogP contribution in [0.2, 0.25) is 5.02 Å². The van der Waals surface area contributed by atoms with Crippen molar-refractivity contribution in [2.45, 2.75) is 57.3 Å². The van der Waals surface area contributed by atoms with E-state index in [1.807, 2.05) is 0 Å². The molecule has 14 heteroatoms. The first-order valence-electron chi connectivity index (χ1n) is 13.6. The van der Waals surface area contributed by atoms with Gasteiger partial charge in [0, 0.05) is 17.8 Å². The van der Waals surface area contributed by atoms with Crippen LogP contribution in [0.5, 0.6) is 0 Å². The third-order valence-electron chi connectivity index (χ3n) is 6.16. The van der Waals surface area contributed by atoms with E-state index in [1.165, 1.54) is 30.3 Å². The lowest BCUT2D eigenvalue weighted by Crippen LogP contribution is -2.23. The molecule has 0 saturated heterocycles. The maximum absolute atomic E-state index is 14.2. The van der Waals surface area contributed by atoms with Gasteiger partial charge >= 0.3 is 12.1 Å². The molecule has 4 rings (SSSR count). The summed E-state index contributed by atoms with van der Waals surface area (Å²) in [6, 6.07) is 14.2. The molecule has 44 heavy (non-hydrogen) atoms. The van der Waals surface area contributed by atoms with Gasteiger partial charge in [-0.1, -0.05) is 42.8 Å². The second-order valence-electron chi connectivity index (χ2n) is 10.9. The number of H-pyrrole nitrogens is 1. The number of nitrogens with zero attached hydrogens (tertiary/aromatic N) is 2. The molecule has 4 aromatic rings. The van der Waals surface area contributed by atoms with Gasteiger partial charge in [0.25, 0.3) is 0 Å². The molecule has 9 nitrogen and oxygen atoms in total. The van der Waals surface area contributed by atoms with Crippen LogP contribution in [-0.2, 0) is 27.3 Å². The topological polar surface area (TPSA) is 126 Å². The van der Waals surface area contributed by atoms with E-state index in [0.29, 0.717) is 18.5 Å². The summed E-state index contributed by atoms with van der Waals surface area (Å²) in [6.45, 7) is 7.39. The average Bonchev–Trinajstić information content (AvgIpc) is 3.37. The minimum absolute atomic E-state index is 0.00801. The van der Waals surface area contributed by atoms with E-state index < -0.39 is 33.1 Å². The van der Waals surface area contributed by atoms with Gasteiger partial charge in [-0.15, -0.1) is 5.10 Å². The summed E-state index contributed by atoms with van der Waals surface area (Å²) in [5, 5.41) is 12.2. The summed E-state index contributed by atoms with van der Waals surface area (Å²) in [5.74, 6) is -0.252. The molecule has 0 aliphatic carbocycles. The van der Waals surface area contributed by atoms with Crippen molar-refractivity contribution in [3.8, 4) is 11.1 Å². The molecule has 0 bridgehead atoms. The zero-order valence-electron chi connectivity index (χ0n) is 24.3. The number of alkyl halides is 3. The van der Waals surface area contributed by atoms with Crippen LogP contribution < -0.4 is 10.6 Å². The number of ether oxygens (including phenoxy) is 1. The number of carbonyl (C=O) groups is 1. The minimum atomic E-state index is -4.77. The Balaban J connectivity index is 1.48. The molecule has 0 spiro atoms. The van der Waals surface area contributed by atoms with Gasteiger partial charge in [0.2, 0.25) is 11.9 Å². The van der Waals surface area contributed by atoms with E-state index in [0.717, 1.165) is 11.6 Å². The number of aromatic nitrogens is 3. The SMILES string of the molecule is CCCS(=O)(=O)c1ccc(-c2c(Cl)cc(Nc3nc(NCc4ccc(C(=O)OC(C)(C)C)cc4)n[nH]3)cc2C(F)(F)F)cc1. The van der Waals surface area contributed by atoms with E-state index >= 15 is 0 Å². The second kappa shape index (κ2) is 12.9. The third kappa shape index (κ3) is 8.29. The standard InChI is InChI=1S/C30H31ClF3N5O4S/c1-5-14-44(41,42)22-12-10-19(11-13-22)25-23(30(32,33)34)15-21(16-24(25)31)36-28-37-27(38-39-28)35-17-18-6-8-20(9-7-18)26(40)43-29(2,3)4/h6-13,15-16H,5,14,17H2,1-4H3,(H3,35,36,37,38,39). The Morgan fingerprint density at radius 1 is 1.02 bits per heavy atom. The lowest BCUT2D eigenvalue weighted by molar-refractivity contribution is -0.137. The largest absolute Gasteiger partial charge is 0.456 e. The number of hydrogen-bond donors (Lipinski definition) is 3. The molecule has 234 valence electrons. The number of halogens is 4. The lowest BCUT2D eigenvalue weighted by atomic mass is 9.98. The number of rotatable bonds is 10. The molecule has 0 amide bonds. The summed E-state index contributed by atoms with van der Waals surface area (Å²) in [7, 11) is -3.53. The molecule has 1 heterocycles. The molecule has 0 radical (unpaired) electrons. The van der Waals surface area contributed by atoms with Crippen LogP contribution in [-0.4, -0.2) is 40.9 Å². The third-order valence-corrected chi connectivity index (χ3v) is 8.39. The highest BCUT2D eigenvalue weighted by molar-refractivity contribution is 7.91. The number of aromatic amines is 1. The average molecular weight is 650 g/mol. The summed E-state index contributed by atoms with van der Waals surface area (Å²) in [4.78, 5) is 16.4. The Bertz CT molecular complexity index is 1730. The number of esters is 1. The van der Waals surface area contributed by atoms with Gasteiger partial charge in [0.05, 0.1) is 26.8 Å². The maximum atomic E-state index is 14.2. The fraction of sp³-hybridized carbons (Fsp3) is 0.300. The van der Waals surface area contributed by atoms with Gasteiger partial charge in [-0.2, -0.15) is 18.2 Å². The van der Waals surface area contributed by atoms with Crippen molar-refractivity contribution in [2.24, 2.45) is 0 Å². The molecule has 0 atom stereocenters. The van der Waals surface area contributed by atoms with E-state index in [2.05, 4.69) is 25.8 Å². The predicted octanol–water partition coefficient (Wildman–Crippen LogP) is 7.64. The van der Waals surface area contributed by atoms with Crippen molar-refractivity contribution in [1.82, 2.24) is 15.2 Å². The summed E-state index contributed by atoms with van der Waals surface area (Å²) in [5.41, 5.74) is -0.531. The smallest absolute Gasteiger partial charge is 0.417 e. The van der Waals surface area contributed by atoms with Gasteiger partial charge in [0.15, 0.2) is 9.84 Å². The molecule has 1 aromatic heterocycles. The Labute approximate surface area is 258 Å². The van der Waals surface area contributed by atoms with Gasteiger partial charge in [-0.25, -0.2) is 18.3 Å². The van der Waals surface area contributed by atoms with Crippen molar-refractivity contribution in [1.29, 1.82) is 0 Å². The number of carbonyl (C=O) groups excluding carboxylic acids is 1. The van der Waals surface area contributed by atoms with Crippen LogP contribution in [0.25, 0.3) is 11.1 Å². The van der Waals surface area contributed by atoms with Crippen molar-refractivity contribution in [3.63, 3.8) is 0 Å². The van der Waals surface area contributed by atoms with Gasteiger partial charge < -0.3 is 15.4 Å². The molecule has 0 unspecified atom stereocenters. The molecule has 3 aromatic carbocycles. The summed E-state index contributed by atoms with van der Waals surface area (Å²) >= 11 is 6.36. The van der Waals surface area contributed by atoms with Crippen molar-refractivity contribution < 1.29 is 31.1 Å². The lowest BCUT2D eigenvalue weighted by Gasteiger charge is -2.19. The van der Waals surface area contributed by atoms with Crippen molar-refractivity contribution in [2.75, 3.05) is 16.4 Å². The second-order valence-corrected chi connectivity index (χ2v) is 13.4. The zero-order chi connectivity index (χ0) is 32.3. The Kier molecular flexibility index (Phi) is 9.59. The minimum Gasteiger partial charge on any atom is -0.456 e. The van der Waals surface area contributed by atoms with Crippen LogP contribution in [0, 0.1) is 0 Å². The van der Waals surface area contributed by atoms with Gasteiger partial charge in [0.1, 0.15) is 5.60 Å². The number of hydrogen-bond acceptors (Lipinski definition) is 8. The van der Waals surface area contributed by atoms with Crippen LogP contribution in [0.1, 0.15) is 55.6 Å². The summed E-state index contributed by atoms with van der Waals surface area (Å²) in [6.07, 6.45) is -4.35. The molecule has 0 fully saturated rings. The molecule has 3 N–H and O–H groups in total. The molecule has 0 saturated carbocycles. The fourth-order valence-electron chi connectivity index (χ4n) is 4.22. The number of sulfone groups is 1. The van der Waals surface area contributed by atoms with E-state index in [9.17, 15) is 26.4 Å². The molecule has 0 aliphatic rings. The highest BCUT2D eigenvalue weighted by Gasteiger charge is 2.35. The van der Waals surface area contributed by atoms with E-state index in [-0.39, 0.29) is 44.4 Å². The molecular formula is C30H31ClF3N5O4S. The quantitative estimate of drug-likeness (QED) is 0.150. The van der Waals surface area contributed by atoms with E-state index in [4.69, 9.17) is 16.3 Å². The zero-order valence-corrected chi connectivity index (χ0v) is 25.9. The van der Waals surface area contributed by atoms with Crippen molar-refractivity contribution >= 4 is 45.0 Å². The van der Waals surface area contributed by atoms with Crippen LogP contribution in [0.4, 0.5) is 30.8 Å². The first kappa shape index (κ1) is 32.8. The number of nitrogens with one attached hydrogen (secondary N) is 3.